The zero-order valence-corrected chi connectivity index (χ0v) is 16.8. The van der Waals surface area contributed by atoms with Crippen molar-refractivity contribution in [2.45, 2.75) is 58.2 Å². The van der Waals surface area contributed by atoms with Gasteiger partial charge < -0.3 is 9.34 Å². The molecule has 0 saturated heterocycles. The first-order valence-electron chi connectivity index (χ1n) is 7.59. The van der Waals surface area contributed by atoms with Gasteiger partial charge in [0.2, 0.25) is 0 Å². The second kappa shape index (κ2) is 5.91. The molecule has 3 nitrogen and oxygen atoms in total. The molecule has 2 rings (SSSR count). The zero-order chi connectivity index (χ0) is 15.9. The minimum absolute atomic E-state index is 0.270. The van der Waals surface area contributed by atoms with Gasteiger partial charge in [0.15, 0.2) is 8.24 Å². The highest BCUT2D eigenvalue weighted by Crippen LogP contribution is 2.44. The van der Waals surface area contributed by atoms with Crippen molar-refractivity contribution in [3.63, 3.8) is 0 Å². The average molecular weight is 416 g/mol. The Kier molecular flexibility index (Phi) is 4.73. The van der Waals surface area contributed by atoms with Crippen molar-refractivity contribution in [2.75, 3.05) is 0 Å². The molecule has 0 aliphatic heterocycles. The number of hydrogen-bond acceptors (Lipinski definition) is 2. The van der Waals surface area contributed by atoms with Gasteiger partial charge in [-0.1, -0.05) is 41.5 Å². The van der Waals surface area contributed by atoms with E-state index in [4.69, 9.17) is 0 Å². The van der Waals surface area contributed by atoms with Gasteiger partial charge in [-0.05, 0) is 51.5 Å². The molecule has 0 aliphatic rings. The first-order valence-corrected chi connectivity index (χ1v) is 10.8. The van der Waals surface area contributed by atoms with Gasteiger partial charge in [-0.25, -0.2) is 4.98 Å². The molecule has 0 aromatic carbocycles. The highest BCUT2D eigenvalue weighted by molar-refractivity contribution is 14.1. The zero-order valence-electron chi connectivity index (χ0n) is 13.7. The summed E-state index contributed by atoms with van der Waals surface area (Å²) in [4.78, 5) is 4.56. The van der Waals surface area contributed by atoms with Crippen LogP contribution in [0.25, 0.3) is 11.0 Å². The maximum atomic E-state index is 9.89. The number of hydrogen-bond donors (Lipinski definition) is 1. The summed E-state index contributed by atoms with van der Waals surface area (Å²) in [5, 5.41) is 11.0. The van der Waals surface area contributed by atoms with E-state index in [1.54, 1.807) is 6.20 Å². The lowest BCUT2D eigenvalue weighted by molar-refractivity contribution is 0.470. The van der Waals surface area contributed by atoms with E-state index >= 15 is 0 Å². The van der Waals surface area contributed by atoms with Crippen LogP contribution < -0.4 is 0 Å². The number of aromatic hydroxyl groups is 1. The topological polar surface area (TPSA) is 38.0 Å². The van der Waals surface area contributed by atoms with Gasteiger partial charge in [-0.3, -0.25) is 0 Å². The van der Waals surface area contributed by atoms with E-state index in [-0.39, 0.29) is 5.75 Å². The summed E-state index contributed by atoms with van der Waals surface area (Å²) in [5.74, 6) is 0.270. The van der Waals surface area contributed by atoms with Crippen LogP contribution in [0, 0.1) is 3.57 Å². The van der Waals surface area contributed by atoms with E-state index in [0.29, 0.717) is 16.6 Å². The molecule has 0 fully saturated rings. The van der Waals surface area contributed by atoms with Crippen LogP contribution in [0.15, 0.2) is 18.5 Å². The van der Waals surface area contributed by atoms with Gasteiger partial charge in [-0.2, -0.15) is 0 Å². The molecule has 0 radical (unpaired) electrons. The van der Waals surface area contributed by atoms with E-state index in [1.165, 1.54) is 0 Å². The Bertz CT molecular complexity index is 627. The van der Waals surface area contributed by atoms with Crippen molar-refractivity contribution >= 4 is 41.9 Å². The van der Waals surface area contributed by atoms with Gasteiger partial charge >= 0.3 is 0 Å². The van der Waals surface area contributed by atoms with Gasteiger partial charge in [-0.15, -0.1) is 0 Å². The maximum absolute atomic E-state index is 9.89. The fraction of sp³-hybridized carbons (Fsp3) is 0.562. The minimum atomic E-state index is -1.79. The fourth-order valence-electron chi connectivity index (χ4n) is 4.19. The summed E-state index contributed by atoms with van der Waals surface area (Å²) >= 11 is 2.21. The molecular weight excluding hydrogens is 391 g/mol. The van der Waals surface area contributed by atoms with Crippen LogP contribution in [0.5, 0.6) is 5.75 Å². The Hall–Kier alpha value is -0.563. The molecule has 0 aliphatic carbocycles. The molecule has 0 amide bonds. The predicted molar refractivity (Wildman–Crippen MR) is 101 cm³/mol. The average Bonchev–Trinajstić information content (AvgIpc) is 2.78. The number of aromatic nitrogens is 2. The highest BCUT2D eigenvalue weighted by Gasteiger charge is 2.46. The summed E-state index contributed by atoms with van der Waals surface area (Å²) < 4.78 is 3.37. The molecule has 0 bridgehead atoms. The first kappa shape index (κ1) is 16.8. The summed E-state index contributed by atoms with van der Waals surface area (Å²) in [5.41, 5.74) is 2.91. The quantitative estimate of drug-likeness (QED) is 0.538. The van der Waals surface area contributed by atoms with Crippen molar-refractivity contribution in [2.24, 2.45) is 0 Å². The van der Waals surface area contributed by atoms with E-state index in [1.807, 2.05) is 0 Å². The largest absolute Gasteiger partial charge is 0.505 e. The van der Waals surface area contributed by atoms with Crippen LogP contribution in [0.2, 0.25) is 16.6 Å². The molecule has 116 valence electrons. The third kappa shape index (κ3) is 2.42. The summed E-state index contributed by atoms with van der Waals surface area (Å²) in [7, 11) is -1.79. The molecule has 21 heavy (non-hydrogen) atoms. The summed E-state index contributed by atoms with van der Waals surface area (Å²) in [6.45, 7) is 14.1. The third-order valence-electron chi connectivity index (χ3n) is 4.82. The molecule has 2 aromatic rings. The van der Waals surface area contributed by atoms with E-state index in [0.717, 1.165) is 14.6 Å². The van der Waals surface area contributed by atoms with Crippen LogP contribution in [-0.2, 0) is 0 Å². The van der Waals surface area contributed by atoms with Crippen molar-refractivity contribution in [3.8, 4) is 5.75 Å². The van der Waals surface area contributed by atoms with Crippen LogP contribution >= 0.6 is 22.6 Å². The molecule has 2 heterocycles. The number of pyridine rings is 1. The Morgan fingerprint density at radius 3 is 2.10 bits per heavy atom. The lowest BCUT2D eigenvalue weighted by atomic mass is 10.3. The first-order chi connectivity index (χ1) is 9.74. The number of nitrogens with zero attached hydrogens (tertiary/aromatic N) is 2. The molecule has 5 heteroatoms. The fourth-order valence-corrected chi connectivity index (χ4v) is 11.3. The monoisotopic (exact) mass is 416 g/mol. The number of rotatable bonds is 4. The van der Waals surface area contributed by atoms with E-state index < -0.39 is 8.24 Å². The number of halogens is 1. The summed E-state index contributed by atoms with van der Waals surface area (Å²) in [6.07, 6.45) is 3.78. The Labute approximate surface area is 142 Å². The van der Waals surface area contributed by atoms with Crippen LogP contribution in [0.3, 0.4) is 0 Å². The van der Waals surface area contributed by atoms with Crippen molar-refractivity contribution in [1.29, 1.82) is 0 Å². The van der Waals surface area contributed by atoms with Gasteiger partial charge in [0.25, 0.3) is 0 Å². The number of fused-ring (bicyclic) bond motifs is 1. The Balaban J connectivity index is 2.81. The van der Waals surface area contributed by atoms with Gasteiger partial charge in [0.05, 0.1) is 9.77 Å². The minimum Gasteiger partial charge on any atom is -0.505 e. The normalized spacial score (nSPS) is 13.0. The SMILES string of the molecule is CC(C)[Si](C(C)C)(C(C)C)n1ccc2c(I)c(O)cnc21. The predicted octanol–water partition coefficient (Wildman–Crippen LogP) is 5.37. The molecule has 1 N–H and O–H groups in total. The summed E-state index contributed by atoms with van der Waals surface area (Å²) in [6, 6.07) is 2.11. The van der Waals surface area contributed by atoms with Crippen LogP contribution in [0.4, 0.5) is 0 Å². The second-order valence-corrected chi connectivity index (χ2v) is 13.5. The standard InChI is InChI=1S/C16H25IN2OSi/c1-10(2)21(11(3)4,12(5)6)19-8-7-13-15(17)14(20)9-18-16(13)19/h7-12,20H,1-6H3. The Morgan fingerprint density at radius 1 is 1.10 bits per heavy atom. The van der Waals surface area contributed by atoms with Crippen LogP contribution in [0.1, 0.15) is 41.5 Å². The molecule has 2 aromatic heterocycles. The maximum Gasteiger partial charge on any atom is 0.171 e. The molecular formula is C16H25IN2OSi. The molecule has 0 saturated carbocycles. The smallest absolute Gasteiger partial charge is 0.171 e. The van der Waals surface area contributed by atoms with E-state index in [9.17, 15) is 5.11 Å². The van der Waals surface area contributed by atoms with Crippen molar-refractivity contribution in [1.82, 2.24) is 9.22 Å². The highest BCUT2D eigenvalue weighted by atomic mass is 127. The molecule has 0 atom stereocenters. The van der Waals surface area contributed by atoms with Gasteiger partial charge in [0.1, 0.15) is 11.4 Å². The van der Waals surface area contributed by atoms with Crippen LogP contribution in [-0.4, -0.2) is 22.6 Å². The van der Waals surface area contributed by atoms with E-state index in [2.05, 4.69) is 85.6 Å². The lowest BCUT2D eigenvalue weighted by Crippen LogP contribution is -2.51. The lowest BCUT2D eigenvalue weighted by Gasteiger charge is -2.44. The second-order valence-electron chi connectivity index (χ2n) is 6.73. The van der Waals surface area contributed by atoms with Crippen molar-refractivity contribution in [3.05, 3.63) is 22.0 Å². The van der Waals surface area contributed by atoms with Gasteiger partial charge in [0, 0.05) is 5.39 Å². The van der Waals surface area contributed by atoms with Crippen molar-refractivity contribution < 1.29 is 5.11 Å². The Morgan fingerprint density at radius 2 is 1.62 bits per heavy atom. The molecule has 0 unspecified atom stereocenters. The molecule has 0 spiro atoms. The third-order valence-corrected chi connectivity index (χ3v) is 12.7.